The number of benzene rings is 1. The first-order chi connectivity index (χ1) is 9.78. The summed E-state index contributed by atoms with van der Waals surface area (Å²) in [5.41, 5.74) is 2.15. The lowest BCUT2D eigenvalue weighted by Gasteiger charge is -2.39. The number of fused-ring (bicyclic) bond motifs is 1. The van der Waals surface area contributed by atoms with Crippen molar-refractivity contribution in [3.8, 4) is 0 Å². The average molecular weight is 274 g/mol. The topological polar surface area (TPSA) is 44.4 Å². The van der Waals surface area contributed by atoms with Crippen molar-refractivity contribution in [3.05, 3.63) is 24.3 Å². The molecule has 0 aliphatic carbocycles. The van der Waals surface area contributed by atoms with Crippen LogP contribution in [-0.4, -0.2) is 60.8 Å². The van der Waals surface area contributed by atoms with Crippen LogP contribution in [0.4, 0.5) is 5.95 Å². The summed E-state index contributed by atoms with van der Waals surface area (Å²) in [5, 5.41) is 0. The van der Waals surface area contributed by atoms with E-state index in [2.05, 4.69) is 32.8 Å². The first-order valence-electron chi connectivity index (χ1n) is 7.20. The zero-order valence-corrected chi connectivity index (χ0v) is 12.2. The van der Waals surface area contributed by atoms with Crippen molar-refractivity contribution in [3.63, 3.8) is 0 Å². The fourth-order valence-electron chi connectivity index (χ4n) is 2.82. The van der Waals surface area contributed by atoms with Crippen molar-refractivity contribution < 1.29 is 4.74 Å². The van der Waals surface area contributed by atoms with Gasteiger partial charge in [-0.05, 0) is 19.1 Å². The van der Waals surface area contributed by atoms with Crippen LogP contribution < -0.4 is 4.90 Å². The van der Waals surface area contributed by atoms with Crippen molar-refractivity contribution in [1.29, 1.82) is 0 Å². The predicted molar refractivity (Wildman–Crippen MR) is 81.2 cm³/mol. The highest BCUT2D eigenvalue weighted by molar-refractivity contribution is 5.77. The number of nitrogens with one attached hydrogen (secondary N) is 1. The van der Waals surface area contributed by atoms with Crippen LogP contribution in [0.3, 0.4) is 0 Å². The maximum Gasteiger partial charge on any atom is 0.203 e. The van der Waals surface area contributed by atoms with Gasteiger partial charge in [0.05, 0.1) is 17.6 Å². The predicted octanol–water partition coefficient (Wildman–Crippen LogP) is 1.72. The van der Waals surface area contributed by atoms with E-state index in [9.17, 15) is 0 Å². The lowest BCUT2D eigenvalue weighted by atomic mass is 10.2. The van der Waals surface area contributed by atoms with Gasteiger partial charge in [-0.3, -0.25) is 4.90 Å². The number of methoxy groups -OCH3 is 1. The number of imidazole rings is 1. The van der Waals surface area contributed by atoms with Crippen molar-refractivity contribution in [2.24, 2.45) is 0 Å². The molecule has 0 amide bonds. The minimum atomic E-state index is 0.520. The molecule has 5 nitrogen and oxygen atoms in total. The van der Waals surface area contributed by atoms with E-state index in [1.165, 1.54) is 0 Å². The molecule has 1 fully saturated rings. The molecule has 1 atom stereocenters. The second-order valence-electron chi connectivity index (χ2n) is 5.40. The minimum Gasteiger partial charge on any atom is -0.383 e. The van der Waals surface area contributed by atoms with Crippen LogP contribution in [0.5, 0.6) is 0 Å². The number of ether oxygens (including phenoxy) is 1. The Hall–Kier alpha value is -1.59. The Morgan fingerprint density at radius 2 is 2.20 bits per heavy atom. The first-order valence-corrected chi connectivity index (χ1v) is 7.20. The third-order valence-electron chi connectivity index (χ3n) is 4.02. The number of anilines is 1. The maximum absolute atomic E-state index is 5.17. The Bertz CT molecular complexity index is 535. The van der Waals surface area contributed by atoms with E-state index >= 15 is 0 Å². The molecule has 3 rings (SSSR count). The van der Waals surface area contributed by atoms with Crippen molar-refractivity contribution in [2.45, 2.75) is 13.0 Å². The number of aromatic amines is 1. The molecule has 108 valence electrons. The first kappa shape index (κ1) is 13.4. The molecule has 20 heavy (non-hydrogen) atoms. The molecule has 1 unspecified atom stereocenters. The molecule has 1 aliphatic heterocycles. The highest BCUT2D eigenvalue weighted by Crippen LogP contribution is 2.20. The van der Waals surface area contributed by atoms with Crippen molar-refractivity contribution >= 4 is 17.0 Å². The van der Waals surface area contributed by atoms with Gasteiger partial charge in [0.15, 0.2) is 0 Å². The van der Waals surface area contributed by atoms with Crippen LogP contribution in [0, 0.1) is 0 Å². The van der Waals surface area contributed by atoms with Gasteiger partial charge in [0.1, 0.15) is 0 Å². The Morgan fingerprint density at radius 3 is 2.95 bits per heavy atom. The molecule has 2 aromatic rings. The van der Waals surface area contributed by atoms with Gasteiger partial charge in [0, 0.05) is 39.3 Å². The molecule has 5 heteroatoms. The summed E-state index contributed by atoms with van der Waals surface area (Å²) < 4.78 is 5.17. The Balaban J connectivity index is 1.70. The minimum absolute atomic E-state index is 0.520. The van der Waals surface area contributed by atoms with Gasteiger partial charge in [-0.25, -0.2) is 4.98 Å². The van der Waals surface area contributed by atoms with E-state index in [1.54, 1.807) is 7.11 Å². The van der Waals surface area contributed by atoms with Crippen LogP contribution >= 0.6 is 0 Å². The van der Waals surface area contributed by atoms with E-state index in [0.717, 1.165) is 49.8 Å². The second kappa shape index (κ2) is 5.81. The number of piperazine rings is 1. The summed E-state index contributed by atoms with van der Waals surface area (Å²) in [6, 6.07) is 8.71. The summed E-state index contributed by atoms with van der Waals surface area (Å²) >= 11 is 0. The largest absolute Gasteiger partial charge is 0.383 e. The Labute approximate surface area is 119 Å². The number of hydrogen-bond acceptors (Lipinski definition) is 4. The highest BCUT2D eigenvalue weighted by Gasteiger charge is 2.24. The van der Waals surface area contributed by atoms with Crippen LogP contribution in [0.15, 0.2) is 24.3 Å². The molecular formula is C15H22N4O. The molecular weight excluding hydrogens is 252 g/mol. The molecule has 1 aromatic carbocycles. The fraction of sp³-hybridized carbons (Fsp3) is 0.533. The quantitative estimate of drug-likeness (QED) is 0.922. The lowest BCUT2D eigenvalue weighted by molar-refractivity contribution is 0.117. The van der Waals surface area contributed by atoms with E-state index < -0.39 is 0 Å². The fourth-order valence-corrected chi connectivity index (χ4v) is 2.82. The normalized spacial score (nSPS) is 20.7. The van der Waals surface area contributed by atoms with E-state index in [0.29, 0.717) is 6.04 Å². The van der Waals surface area contributed by atoms with Crippen LogP contribution in [0.2, 0.25) is 0 Å². The Morgan fingerprint density at radius 1 is 1.35 bits per heavy atom. The molecule has 1 N–H and O–H groups in total. The molecule has 0 radical (unpaired) electrons. The number of rotatable bonds is 4. The van der Waals surface area contributed by atoms with Crippen molar-refractivity contribution in [1.82, 2.24) is 14.9 Å². The van der Waals surface area contributed by atoms with Crippen LogP contribution in [0.25, 0.3) is 11.0 Å². The van der Waals surface area contributed by atoms with E-state index in [4.69, 9.17) is 4.74 Å². The van der Waals surface area contributed by atoms with Gasteiger partial charge in [-0.2, -0.15) is 0 Å². The molecule has 0 spiro atoms. The molecule has 0 bridgehead atoms. The summed E-state index contributed by atoms with van der Waals surface area (Å²) in [5.74, 6) is 0.990. The van der Waals surface area contributed by atoms with Gasteiger partial charge in [-0.1, -0.05) is 12.1 Å². The molecule has 2 heterocycles. The summed E-state index contributed by atoms with van der Waals surface area (Å²) in [4.78, 5) is 12.9. The third kappa shape index (κ3) is 2.64. The van der Waals surface area contributed by atoms with E-state index in [1.807, 2.05) is 18.2 Å². The zero-order valence-electron chi connectivity index (χ0n) is 12.2. The number of aromatic nitrogens is 2. The monoisotopic (exact) mass is 274 g/mol. The van der Waals surface area contributed by atoms with Gasteiger partial charge in [-0.15, -0.1) is 0 Å². The third-order valence-corrected chi connectivity index (χ3v) is 4.02. The van der Waals surface area contributed by atoms with Gasteiger partial charge >= 0.3 is 0 Å². The van der Waals surface area contributed by atoms with Crippen molar-refractivity contribution in [2.75, 3.05) is 44.8 Å². The zero-order chi connectivity index (χ0) is 13.9. The summed E-state index contributed by atoms with van der Waals surface area (Å²) in [6.07, 6.45) is 0. The number of nitrogens with zero attached hydrogens (tertiary/aromatic N) is 3. The maximum atomic E-state index is 5.17. The molecule has 0 saturated carbocycles. The molecule has 1 aliphatic rings. The molecule has 1 aromatic heterocycles. The van der Waals surface area contributed by atoms with Crippen LogP contribution in [0.1, 0.15) is 6.92 Å². The Kier molecular flexibility index (Phi) is 3.89. The summed E-state index contributed by atoms with van der Waals surface area (Å²) in [6.45, 7) is 7.14. The van der Waals surface area contributed by atoms with Crippen LogP contribution in [-0.2, 0) is 4.74 Å². The lowest BCUT2D eigenvalue weighted by Crippen LogP contribution is -2.53. The van der Waals surface area contributed by atoms with E-state index in [-0.39, 0.29) is 0 Å². The number of para-hydroxylation sites is 2. The van der Waals surface area contributed by atoms with Gasteiger partial charge in [0.25, 0.3) is 0 Å². The average Bonchev–Trinajstić information content (AvgIpc) is 2.90. The SMILES string of the molecule is COCCN1CCN(c2nc3ccccc3[nH]2)CC1C. The van der Waals surface area contributed by atoms with Gasteiger partial charge < -0.3 is 14.6 Å². The van der Waals surface area contributed by atoms with Gasteiger partial charge in [0.2, 0.25) is 5.95 Å². The number of H-pyrrole nitrogens is 1. The standard InChI is InChI=1S/C15H22N4O/c1-12-11-19(8-7-18(12)9-10-20-2)15-16-13-5-3-4-6-14(13)17-15/h3-6,12H,7-11H2,1-2H3,(H,16,17). The number of hydrogen-bond donors (Lipinski definition) is 1. The smallest absolute Gasteiger partial charge is 0.203 e. The second-order valence-corrected chi connectivity index (χ2v) is 5.40. The molecule has 1 saturated heterocycles. The summed E-state index contributed by atoms with van der Waals surface area (Å²) in [7, 11) is 1.76. The highest BCUT2D eigenvalue weighted by atomic mass is 16.5.